The summed E-state index contributed by atoms with van der Waals surface area (Å²) < 4.78 is 4.70. The molecule has 3 nitrogen and oxygen atoms in total. The fraction of sp³-hybridized carbons (Fsp3) is 0.0500. The monoisotopic (exact) mass is 553 g/mol. The molecule has 0 amide bonds. The summed E-state index contributed by atoms with van der Waals surface area (Å²) in [5.41, 5.74) is 11.8. The van der Waals surface area contributed by atoms with Crippen LogP contribution < -0.4 is 4.90 Å². The zero-order valence-corrected chi connectivity index (χ0v) is 24.3. The van der Waals surface area contributed by atoms with E-state index in [1.807, 2.05) is 0 Å². The van der Waals surface area contributed by atoms with Crippen molar-refractivity contribution in [1.29, 1.82) is 0 Å². The van der Waals surface area contributed by atoms with Gasteiger partial charge in [0.1, 0.15) is 0 Å². The molecule has 6 aromatic carbocycles. The summed E-state index contributed by atoms with van der Waals surface area (Å²) in [7, 11) is 0. The van der Waals surface area contributed by atoms with Crippen LogP contribution in [0.15, 0.2) is 152 Å². The van der Waals surface area contributed by atoms with Gasteiger partial charge < -0.3 is 14.0 Å². The van der Waals surface area contributed by atoms with Gasteiger partial charge in [0.15, 0.2) is 0 Å². The van der Waals surface area contributed by atoms with Gasteiger partial charge in [-0.2, -0.15) is 0 Å². The minimum atomic E-state index is 1.12. The lowest BCUT2D eigenvalue weighted by Crippen LogP contribution is -2.10. The Morgan fingerprint density at radius 3 is 1.81 bits per heavy atom. The Morgan fingerprint density at radius 2 is 1.09 bits per heavy atom. The zero-order valence-electron chi connectivity index (χ0n) is 24.3. The molecule has 0 aliphatic heterocycles. The van der Waals surface area contributed by atoms with Crippen LogP contribution in [-0.2, 0) is 0 Å². The Balaban J connectivity index is 1.36. The Labute approximate surface area is 251 Å². The molecule has 0 bridgehead atoms. The molecule has 8 rings (SSSR count). The minimum Gasteiger partial charge on any atom is -0.316 e. The van der Waals surface area contributed by atoms with Gasteiger partial charge in [-0.3, -0.25) is 0 Å². The number of anilines is 3. The predicted molar refractivity (Wildman–Crippen MR) is 182 cm³/mol. The van der Waals surface area contributed by atoms with Crippen LogP contribution >= 0.6 is 0 Å². The average Bonchev–Trinajstić information content (AvgIpc) is 3.61. The third-order valence-electron chi connectivity index (χ3n) is 8.45. The molecule has 0 atom stereocenters. The van der Waals surface area contributed by atoms with Gasteiger partial charge in [-0.1, -0.05) is 77.9 Å². The summed E-state index contributed by atoms with van der Waals surface area (Å²) in [6.45, 7) is 4.27. The van der Waals surface area contributed by atoms with Crippen LogP contribution in [0, 0.1) is 13.8 Å². The number of nitrogens with zero attached hydrogens (tertiary/aromatic N) is 3. The molecule has 43 heavy (non-hydrogen) atoms. The smallest absolute Gasteiger partial charge is 0.0562 e. The van der Waals surface area contributed by atoms with Crippen LogP contribution in [0.5, 0.6) is 0 Å². The molecule has 8 aromatic rings. The van der Waals surface area contributed by atoms with Gasteiger partial charge in [-0.15, -0.1) is 0 Å². The van der Waals surface area contributed by atoms with E-state index in [1.54, 1.807) is 0 Å². The van der Waals surface area contributed by atoms with Crippen molar-refractivity contribution >= 4 is 49.8 Å². The Bertz CT molecular complexity index is 2190. The quantitative estimate of drug-likeness (QED) is 0.207. The van der Waals surface area contributed by atoms with Crippen molar-refractivity contribution < 1.29 is 0 Å². The van der Waals surface area contributed by atoms with Gasteiger partial charge >= 0.3 is 0 Å². The van der Waals surface area contributed by atoms with Crippen LogP contribution in [0.4, 0.5) is 17.1 Å². The van der Waals surface area contributed by atoms with E-state index in [0.29, 0.717) is 0 Å². The molecule has 0 N–H and O–H groups in total. The van der Waals surface area contributed by atoms with Gasteiger partial charge in [0.25, 0.3) is 0 Å². The molecule has 0 aliphatic rings. The summed E-state index contributed by atoms with van der Waals surface area (Å²) in [5, 5.41) is 3.75. The van der Waals surface area contributed by atoms with E-state index >= 15 is 0 Å². The maximum atomic E-state index is 2.42. The fourth-order valence-corrected chi connectivity index (χ4v) is 6.30. The molecule has 0 saturated heterocycles. The summed E-state index contributed by atoms with van der Waals surface area (Å²) in [6, 6.07) is 52.7. The van der Waals surface area contributed by atoms with Crippen molar-refractivity contribution in [3.8, 4) is 11.4 Å². The van der Waals surface area contributed by atoms with E-state index in [1.165, 1.54) is 43.8 Å². The minimum absolute atomic E-state index is 1.12. The normalized spacial score (nSPS) is 11.5. The molecule has 2 heterocycles. The van der Waals surface area contributed by atoms with Gasteiger partial charge in [0, 0.05) is 50.8 Å². The van der Waals surface area contributed by atoms with Crippen molar-refractivity contribution in [3.63, 3.8) is 0 Å². The molecule has 0 aliphatic carbocycles. The number of fused-ring (bicyclic) bond motifs is 4. The largest absolute Gasteiger partial charge is 0.316 e. The molecular weight excluding hydrogens is 522 g/mol. The average molecular weight is 554 g/mol. The number of rotatable bonds is 5. The van der Waals surface area contributed by atoms with Crippen molar-refractivity contribution in [2.45, 2.75) is 13.8 Å². The summed E-state index contributed by atoms with van der Waals surface area (Å²) in [4.78, 5) is 2.34. The number of aryl methyl sites for hydroxylation is 2. The highest BCUT2D eigenvalue weighted by Gasteiger charge is 2.17. The fourth-order valence-electron chi connectivity index (χ4n) is 6.30. The van der Waals surface area contributed by atoms with Crippen molar-refractivity contribution in [3.05, 3.63) is 163 Å². The SMILES string of the molecule is Cc1ccc(N(c2ccc(C)cc2)c2cccc(-n3c4ccccc4c4cc5ccn(-c6ccccc6)c5cc43)c2)cc1. The highest BCUT2D eigenvalue weighted by atomic mass is 15.1. The molecule has 0 saturated carbocycles. The third kappa shape index (κ3) is 4.29. The second kappa shape index (κ2) is 10.1. The van der Waals surface area contributed by atoms with E-state index in [-0.39, 0.29) is 0 Å². The van der Waals surface area contributed by atoms with E-state index < -0.39 is 0 Å². The number of aromatic nitrogens is 2. The van der Waals surface area contributed by atoms with Crippen LogP contribution in [0.3, 0.4) is 0 Å². The Kier molecular flexibility index (Phi) is 5.90. The lowest BCUT2D eigenvalue weighted by atomic mass is 10.1. The number of benzene rings is 6. The first-order valence-corrected chi connectivity index (χ1v) is 14.8. The second-order valence-corrected chi connectivity index (χ2v) is 11.3. The molecule has 206 valence electrons. The molecular formula is C40H31N3. The topological polar surface area (TPSA) is 13.1 Å². The van der Waals surface area contributed by atoms with E-state index in [0.717, 1.165) is 28.4 Å². The zero-order chi connectivity index (χ0) is 28.9. The molecule has 2 aromatic heterocycles. The standard InChI is InChI=1S/C40H31N3/c1-28-15-19-32(20-16-28)42(33-21-17-29(2)18-22-33)34-11-8-12-35(26-34)43-38-14-7-6-13-36(38)37-25-30-23-24-41(39(30)27-40(37)43)31-9-4-3-5-10-31/h3-27H,1-2H3. The van der Waals surface area contributed by atoms with Gasteiger partial charge in [-0.25, -0.2) is 0 Å². The highest BCUT2D eigenvalue weighted by molar-refractivity contribution is 6.13. The lowest BCUT2D eigenvalue weighted by molar-refractivity contribution is 1.12. The van der Waals surface area contributed by atoms with Gasteiger partial charge in [0.05, 0.1) is 16.6 Å². The number of hydrogen-bond acceptors (Lipinski definition) is 1. The molecule has 0 spiro atoms. The van der Waals surface area contributed by atoms with Crippen molar-refractivity contribution in [2.24, 2.45) is 0 Å². The first-order valence-electron chi connectivity index (χ1n) is 14.8. The molecule has 0 fully saturated rings. The predicted octanol–water partition coefficient (Wildman–Crippen LogP) is 10.8. The summed E-state index contributed by atoms with van der Waals surface area (Å²) in [6.07, 6.45) is 2.17. The van der Waals surface area contributed by atoms with E-state index in [9.17, 15) is 0 Å². The first-order chi connectivity index (χ1) is 21.1. The van der Waals surface area contributed by atoms with Gasteiger partial charge in [-0.05, 0) is 92.7 Å². The van der Waals surface area contributed by atoms with E-state index in [4.69, 9.17) is 0 Å². The van der Waals surface area contributed by atoms with Gasteiger partial charge in [0.2, 0.25) is 0 Å². The van der Waals surface area contributed by atoms with Crippen molar-refractivity contribution in [1.82, 2.24) is 9.13 Å². The van der Waals surface area contributed by atoms with E-state index in [2.05, 4.69) is 180 Å². The Hall–Kier alpha value is -5.54. The molecule has 3 heteroatoms. The van der Waals surface area contributed by atoms with Crippen LogP contribution in [0.25, 0.3) is 44.1 Å². The Morgan fingerprint density at radius 1 is 0.442 bits per heavy atom. The lowest BCUT2D eigenvalue weighted by Gasteiger charge is -2.26. The highest BCUT2D eigenvalue weighted by Crippen LogP contribution is 2.39. The molecule has 0 radical (unpaired) electrons. The number of para-hydroxylation sites is 2. The van der Waals surface area contributed by atoms with Crippen LogP contribution in [0.1, 0.15) is 11.1 Å². The van der Waals surface area contributed by atoms with Crippen LogP contribution in [0.2, 0.25) is 0 Å². The summed E-state index contributed by atoms with van der Waals surface area (Å²) in [5.74, 6) is 0. The van der Waals surface area contributed by atoms with Crippen molar-refractivity contribution in [2.75, 3.05) is 4.90 Å². The first kappa shape index (κ1) is 25.2. The third-order valence-corrected chi connectivity index (χ3v) is 8.45. The second-order valence-electron chi connectivity index (χ2n) is 11.3. The molecule has 0 unspecified atom stereocenters. The number of hydrogen-bond donors (Lipinski definition) is 0. The van der Waals surface area contributed by atoms with Crippen LogP contribution in [-0.4, -0.2) is 9.13 Å². The maximum absolute atomic E-state index is 2.42. The maximum Gasteiger partial charge on any atom is 0.0562 e. The summed E-state index contributed by atoms with van der Waals surface area (Å²) >= 11 is 0.